The Balaban J connectivity index is 3.34. The van der Waals surface area contributed by atoms with Crippen molar-refractivity contribution in [2.45, 2.75) is 4.90 Å². The minimum atomic E-state index is -3.30. The monoisotopic (exact) mass is 214 g/mol. The summed E-state index contributed by atoms with van der Waals surface area (Å²) in [5.41, 5.74) is 10.7. The van der Waals surface area contributed by atoms with Crippen LogP contribution < -0.4 is 11.5 Å². The molecule has 1 amide bonds. The van der Waals surface area contributed by atoms with Crippen LogP contribution in [0.1, 0.15) is 10.4 Å². The van der Waals surface area contributed by atoms with E-state index in [0.717, 1.165) is 6.26 Å². The van der Waals surface area contributed by atoms with Crippen LogP contribution in [0.4, 0.5) is 5.69 Å². The van der Waals surface area contributed by atoms with E-state index in [1.807, 2.05) is 0 Å². The standard InChI is InChI=1S/C8H10N2O3S/c1-14(12,13)5-2-3-6(8(10)11)7(9)4-5/h2-4H,9H2,1H3,(H2,10,11). The van der Waals surface area contributed by atoms with Gasteiger partial charge in [-0.25, -0.2) is 8.42 Å². The average Bonchev–Trinajstić information content (AvgIpc) is 2.01. The van der Waals surface area contributed by atoms with Gasteiger partial charge in [0.15, 0.2) is 9.84 Å². The van der Waals surface area contributed by atoms with E-state index in [4.69, 9.17) is 11.5 Å². The van der Waals surface area contributed by atoms with E-state index >= 15 is 0 Å². The number of rotatable bonds is 2. The topological polar surface area (TPSA) is 103 Å². The molecule has 1 rings (SSSR count). The van der Waals surface area contributed by atoms with E-state index in [1.165, 1.54) is 18.2 Å². The molecule has 14 heavy (non-hydrogen) atoms. The normalized spacial score (nSPS) is 11.2. The molecular weight excluding hydrogens is 204 g/mol. The molecule has 1 aromatic carbocycles. The van der Waals surface area contributed by atoms with Crippen LogP contribution in [0, 0.1) is 0 Å². The maximum absolute atomic E-state index is 11.1. The number of primary amides is 1. The first kappa shape index (κ1) is 10.5. The molecule has 0 radical (unpaired) electrons. The minimum absolute atomic E-state index is 0.0694. The van der Waals surface area contributed by atoms with E-state index in [0.29, 0.717) is 0 Å². The molecule has 0 aliphatic heterocycles. The highest BCUT2D eigenvalue weighted by atomic mass is 32.2. The molecule has 0 unspecified atom stereocenters. The summed E-state index contributed by atoms with van der Waals surface area (Å²) in [5, 5.41) is 0. The molecule has 0 spiro atoms. The minimum Gasteiger partial charge on any atom is -0.398 e. The summed E-state index contributed by atoms with van der Waals surface area (Å²) in [7, 11) is -3.30. The number of amides is 1. The third-order valence-electron chi connectivity index (χ3n) is 1.72. The molecule has 0 aliphatic rings. The Kier molecular flexibility index (Phi) is 2.48. The zero-order valence-electron chi connectivity index (χ0n) is 7.52. The summed E-state index contributed by atoms with van der Waals surface area (Å²) in [6, 6.07) is 3.81. The Morgan fingerprint density at radius 2 is 1.93 bits per heavy atom. The third-order valence-corrected chi connectivity index (χ3v) is 2.83. The molecule has 0 saturated heterocycles. The highest BCUT2D eigenvalue weighted by molar-refractivity contribution is 7.90. The fraction of sp³-hybridized carbons (Fsp3) is 0.125. The molecule has 1 aromatic rings. The van der Waals surface area contributed by atoms with E-state index in [2.05, 4.69) is 0 Å². The van der Waals surface area contributed by atoms with Crippen molar-refractivity contribution < 1.29 is 13.2 Å². The van der Waals surface area contributed by atoms with Crippen molar-refractivity contribution in [1.82, 2.24) is 0 Å². The average molecular weight is 214 g/mol. The molecule has 5 nitrogen and oxygen atoms in total. The Morgan fingerprint density at radius 3 is 2.29 bits per heavy atom. The second kappa shape index (κ2) is 3.30. The van der Waals surface area contributed by atoms with Crippen molar-refractivity contribution in [3.8, 4) is 0 Å². The van der Waals surface area contributed by atoms with Crippen LogP contribution >= 0.6 is 0 Å². The van der Waals surface area contributed by atoms with Crippen LogP contribution in [0.2, 0.25) is 0 Å². The fourth-order valence-electron chi connectivity index (χ4n) is 0.996. The number of carbonyl (C=O) groups is 1. The molecule has 0 heterocycles. The Bertz CT molecular complexity index is 479. The quantitative estimate of drug-likeness (QED) is 0.663. The van der Waals surface area contributed by atoms with Gasteiger partial charge in [-0.2, -0.15) is 0 Å². The van der Waals surface area contributed by atoms with E-state index in [-0.39, 0.29) is 16.1 Å². The molecule has 0 fully saturated rings. The molecule has 0 saturated carbocycles. The van der Waals surface area contributed by atoms with Gasteiger partial charge in [0.1, 0.15) is 0 Å². The lowest BCUT2D eigenvalue weighted by molar-refractivity contribution is 0.100. The van der Waals surface area contributed by atoms with Crippen LogP contribution in [-0.2, 0) is 9.84 Å². The van der Waals surface area contributed by atoms with Crippen molar-refractivity contribution in [2.24, 2.45) is 5.73 Å². The molecule has 0 aromatic heterocycles. The number of nitrogens with two attached hydrogens (primary N) is 2. The predicted molar refractivity (Wildman–Crippen MR) is 52.5 cm³/mol. The number of hydrogen-bond acceptors (Lipinski definition) is 4. The number of carbonyl (C=O) groups excluding carboxylic acids is 1. The molecular formula is C8H10N2O3S. The van der Waals surface area contributed by atoms with Crippen molar-refractivity contribution in [2.75, 3.05) is 12.0 Å². The summed E-state index contributed by atoms with van der Waals surface area (Å²) < 4.78 is 22.2. The van der Waals surface area contributed by atoms with Gasteiger partial charge in [-0.3, -0.25) is 4.79 Å². The lowest BCUT2D eigenvalue weighted by Crippen LogP contribution is -2.14. The van der Waals surface area contributed by atoms with Crippen LogP contribution in [0.5, 0.6) is 0 Å². The van der Waals surface area contributed by atoms with Crippen molar-refractivity contribution in [3.63, 3.8) is 0 Å². The molecule has 6 heteroatoms. The Hall–Kier alpha value is -1.56. The number of hydrogen-bond donors (Lipinski definition) is 2. The SMILES string of the molecule is CS(=O)(=O)c1ccc(C(N)=O)c(N)c1. The lowest BCUT2D eigenvalue weighted by Gasteiger charge is -2.03. The van der Waals surface area contributed by atoms with Gasteiger partial charge >= 0.3 is 0 Å². The van der Waals surface area contributed by atoms with Gasteiger partial charge in [0.25, 0.3) is 5.91 Å². The Morgan fingerprint density at radius 1 is 1.36 bits per heavy atom. The number of sulfone groups is 1. The highest BCUT2D eigenvalue weighted by Crippen LogP contribution is 2.17. The van der Waals surface area contributed by atoms with Crippen molar-refractivity contribution >= 4 is 21.4 Å². The zero-order valence-corrected chi connectivity index (χ0v) is 8.34. The van der Waals surface area contributed by atoms with Gasteiger partial charge < -0.3 is 11.5 Å². The number of anilines is 1. The first-order valence-corrected chi connectivity index (χ1v) is 5.61. The van der Waals surface area contributed by atoms with Crippen molar-refractivity contribution in [3.05, 3.63) is 23.8 Å². The Labute approximate surface area is 81.6 Å². The number of benzene rings is 1. The van der Waals surface area contributed by atoms with Gasteiger partial charge in [0.2, 0.25) is 0 Å². The second-order valence-electron chi connectivity index (χ2n) is 2.89. The molecule has 0 bridgehead atoms. The lowest BCUT2D eigenvalue weighted by atomic mass is 10.2. The molecule has 0 aliphatic carbocycles. The summed E-state index contributed by atoms with van der Waals surface area (Å²) >= 11 is 0. The van der Waals surface area contributed by atoms with Crippen LogP contribution in [0.3, 0.4) is 0 Å². The first-order chi connectivity index (χ1) is 6.32. The largest absolute Gasteiger partial charge is 0.398 e. The summed E-state index contributed by atoms with van der Waals surface area (Å²) in [4.78, 5) is 10.8. The smallest absolute Gasteiger partial charge is 0.250 e. The van der Waals surface area contributed by atoms with Crippen LogP contribution in [0.25, 0.3) is 0 Å². The van der Waals surface area contributed by atoms with Crippen molar-refractivity contribution in [1.29, 1.82) is 0 Å². The van der Waals surface area contributed by atoms with Gasteiger partial charge in [-0.1, -0.05) is 0 Å². The maximum Gasteiger partial charge on any atom is 0.250 e. The fourth-order valence-corrected chi connectivity index (χ4v) is 1.65. The predicted octanol–water partition coefficient (Wildman–Crippen LogP) is -0.229. The molecule has 4 N–H and O–H groups in total. The highest BCUT2D eigenvalue weighted by Gasteiger charge is 2.11. The van der Waals surface area contributed by atoms with Crippen LogP contribution in [-0.4, -0.2) is 20.6 Å². The maximum atomic E-state index is 11.1. The summed E-state index contributed by atoms with van der Waals surface area (Å²) in [5.74, 6) is -0.678. The van der Waals surface area contributed by atoms with E-state index < -0.39 is 15.7 Å². The van der Waals surface area contributed by atoms with Gasteiger partial charge in [-0.05, 0) is 18.2 Å². The van der Waals surface area contributed by atoms with E-state index in [9.17, 15) is 13.2 Å². The van der Waals surface area contributed by atoms with Gasteiger partial charge in [0.05, 0.1) is 10.5 Å². The second-order valence-corrected chi connectivity index (χ2v) is 4.90. The zero-order chi connectivity index (χ0) is 10.9. The number of nitrogen functional groups attached to an aromatic ring is 1. The van der Waals surface area contributed by atoms with Gasteiger partial charge in [-0.15, -0.1) is 0 Å². The molecule has 76 valence electrons. The summed E-state index contributed by atoms with van der Waals surface area (Å²) in [6.07, 6.45) is 1.06. The molecule has 0 atom stereocenters. The van der Waals surface area contributed by atoms with Gasteiger partial charge in [0, 0.05) is 11.9 Å². The van der Waals surface area contributed by atoms with E-state index in [1.54, 1.807) is 0 Å². The summed E-state index contributed by atoms with van der Waals surface area (Å²) in [6.45, 7) is 0. The third kappa shape index (κ3) is 2.02. The first-order valence-electron chi connectivity index (χ1n) is 3.72. The van der Waals surface area contributed by atoms with Crippen LogP contribution in [0.15, 0.2) is 23.1 Å².